The zero-order valence-electron chi connectivity index (χ0n) is 15.5. The molecule has 1 N–H and O–H groups in total. The summed E-state index contributed by atoms with van der Waals surface area (Å²) in [5.41, 5.74) is 2.39. The first kappa shape index (κ1) is 18.6. The van der Waals surface area contributed by atoms with Gasteiger partial charge in [0.1, 0.15) is 11.5 Å². The van der Waals surface area contributed by atoms with Gasteiger partial charge in [-0.25, -0.2) is 0 Å². The molecule has 2 rings (SSSR count). The number of methoxy groups -OCH3 is 2. The number of aliphatic imine (C=N–C) groups is 1. The zero-order valence-corrected chi connectivity index (χ0v) is 15.5. The number of guanidine groups is 1. The molecule has 0 radical (unpaired) electrons. The van der Waals surface area contributed by atoms with Gasteiger partial charge in [0, 0.05) is 38.8 Å². The third kappa shape index (κ3) is 5.41. The van der Waals surface area contributed by atoms with Crippen molar-refractivity contribution < 1.29 is 9.47 Å². The summed E-state index contributed by atoms with van der Waals surface area (Å²) >= 11 is 0. The van der Waals surface area contributed by atoms with Gasteiger partial charge in [0.25, 0.3) is 0 Å². The molecular weight excluding hydrogens is 314 g/mol. The van der Waals surface area contributed by atoms with Crippen LogP contribution in [-0.2, 0) is 13.0 Å². The summed E-state index contributed by atoms with van der Waals surface area (Å²) in [6.45, 7) is 1.53. The minimum absolute atomic E-state index is 0.693. The van der Waals surface area contributed by atoms with E-state index in [1.165, 1.54) is 5.56 Å². The third-order valence-corrected chi connectivity index (χ3v) is 4.01. The largest absolute Gasteiger partial charge is 0.497 e. The minimum Gasteiger partial charge on any atom is -0.497 e. The van der Waals surface area contributed by atoms with E-state index in [1.807, 2.05) is 31.3 Å². The lowest BCUT2D eigenvalue weighted by Gasteiger charge is -2.23. The van der Waals surface area contributed by atoms with Gasteiger partial charge in [0.15, 0.2) is 5.96 Å². The van der Waals surface area contributed by atoms with Gasteiger partial charge in [-0.2, -0.15) is 0 Å². The predicted octanol–water partition coefficient (Wildman–Crippen LogP) is 2.95. The highest BCUT2D eigenvalue weighted by Gasteiger charge is 2.11. The molecule has 25 heavy (non-hydrogen) atoms. The first-order chi connectivity index (χ1) is 12.2. The van der Waals surface area contributed by atoms with E-state index in [0.717, 1.165) is 36.0 Å². The number of hydrogen-bond donors (Lipinski definition) is 1. The Labute approximate surface area is 150 Å². The fourth-order valence-corrected chi connectivity index (χ4v) is 2.66. The molecule has 0 aliphatic heterocycles. The molecule has 0 saturated heterocycles. The van der Waals surface area contributed by atoms with Crippen LogP contribution in [-0.4, -0.2) is 45.7 Å². The Morgan fingerprint density at radius 3 is 2.48 bits per heavy atom. The lowest BCUT2D eigenvalue weighted by Crippen LogP contribution is -2.39. The van der Waals surface area contributed by atoms with E-state index >= 15 is 0 Å². The molecule has 0 aromatic heterocycles. The second-order valence-corrected chi connectivity index (χ2v) is 5.74. The molecule has 0 spiro atoms. The SMILES string of the molecule is CN=C(NCCc1ccccc1)N(C)Cc1ccc(OC)cc1OC. The maximum Gasteiger partial charge on any atom is 0.193 e. The van der Waals surface area contributed by atoms with Crippen LogP contribution in [0, 0.1) is 0 Å². The van der Waals surface area contributed by atoms with Crippen molar-refractivity contribution in [2.24, 2.45) is 4.99 Å². The van der Waals surface area contributed by atoms with E-state index < -0.39 is 0 Å². The maximum absolute atomic E-state index is 5.47. The normalized spacial score (nSPS) is 11.1. The lowest BCUT2D eigenvalue weighted by atomic mass is 10.1. The van der Waals surface area contributed by atoms with E-state index in [4.69, 9.17) is 9.47 Å². The summed E-state index contributed by atoms with van der Waals surface area (Å²) in [5, 5.41) is 3.41. The third-order valence-electron chi connectivity index (χ3n) is 4.01. The Morgan fingerprint density at radius 2 is 1.84 bits per heavy atom. The number of nitrogens with zero attached hydrogens (tertiary/aromatic N) is 2. The Kier molecular flexibility index (Phi) is 7.14. The molecule has 0 aliphatic rings. The van der Waals surface area contributed by atoms with Crippen molar-refractivity contribution in [1.82, 2.24) is 10.2 Å². The summed E-state index contributed by atoms with van der Waals surface area (Å²) < 4.78 is 10.7. The minimum atomic E-state index is 0.693. The number of nitrogens with one attached hydrogen (secondary N) is 1. The van der Waals surface area contributed by atoms with Crippen LogP contribution in [0.2, 0.25) is 0 Å². The Balaban J connectivity index is 1.94. The van der Waals surface area contributed by atoms with Crippen molar-refractivity contribution in [3.8, 4) is 11.5 Å². The van der Waals surface area contributed by atoms with Gasteiger partial charge in [0.2, 0.25) is 0 Å². The predicted molar refractivity (Wildman–Crippen MR) is 103 cm³/mol. The van der Waals surface area contributed by atoms with Crippen LogP contribution in [0.3, 0.4) is 0 Å². The second kappa shape index (κ2) is 9.57. The van der Waals surface area contributed by atoms with E-state index in [2.05, 4.69) is 39.5 Å². The van der Waals surface area contributed by atoms with E-state index in [9.17, 15) is 0 Å². The highest BCUT2D eigenvalue weighted by atomic mass is 16.5. The molecule has 2 aromatic rings. The van der Waals surface area contributed by atoms with Crippen molar-refractivity contribution >= 4 is 5.96 Å². The number of ether oxygens (including phenoxy) is 2. The van der Waals surface area contributed by atoms with Crippen molar-refractivity contribution in [3.63, 3.8) is 0 Å². The van der Waals surface area contributed by atoms with Gasteiger partial charge in [-0.3, -0.25) is 4.99 Å². The van der Waals surface area contributed by atoms with Gasteiger partial charge in [-0.05, 0) is 24.1 Å². The lowest BCUT2D eigenvalue weighted by molar-refractivity contribution is 0.382. The molecular formula is C20H27N3O2. The summed E-state index contributed by atoms with van der Waals surface area (Å²) in [6.07, 6.45) is 0.958. The molecule has 0 amide bonds. The van der Waals surface area contributed by atoms with E-state index in [1.54, 1.807) is 21.3 Å². The van der Waals surface area contributed by atoms with Gasteiger partial charge in [-0.1, -0.05) is 30.3 Å². The molecule has 0 bridgehead atoms. The molecule has 0 heterocycles. The Bertz CT molecular complexity index is 687. The van der Waals surface area contributed by atoms with E-state index in [0.29, 0.717) is 6.54 Å². The fraction of sp³-hybridized carbons (Fsp3) is 0.350. The van der Waals surface area contributed by atoms with Crippen LogP contribution in [0.25, 0.3) is 0 Å². The smallest absolute Gasteiger partial charge is 0.193 e. The summed E-state index contributed by atoms with van der Waals surface area (Å²) in [7, 11) is 7.14. The number of hydrogen-bond acceptors (Lipinski definition) is 3. The van der Waals surface area contributed by atoms with Crippen molar-refractivity contribution in [2.75, 3.05) is 34.9 Å². The van der Waals surface area contributed by atoms with Crippen molar-refractivity contribution in [2.45, 2.75) is 13.0 Å². The Morgan fingerprint density at radius 1 is 1.08 bits per heavy atom. The maximum atomic E-state index is 5.47. The first-order valence-corrected chi connectivity index (χ1v) is 8.34. The molecule has 0 aliphatic carbocycles. The van der Waals surface area contributed by atoms with Crippen LogP contribution < -0.4 is 14.8 Å². The molecule has 134 valence electrons. The summed E-state index contributed by atoms with van der Waals surface area (Å²) in [4.78, 5) is 6.45. The van der Waals surface area contributed by atoms with Crippen LogP contribution in [0.1, 0.15) is 11.1 Å². The van der Waals surface area contributed by atoms with Gasteiger partial charge >= 0.3 is 0 Å². The monoisotopic (exact) mass is 341 g/mol. The molecule has 0 atom stereocenters. The molecule has 2 aromatic carbocycles. The summed E-state index contributed by atoms with van der Waals surface area (Å²) in [6, 6.07) is 16.3. The topological polar surface area (TPSA) is 46.1 Å². The molecule has 0 saturated carbocycles. The number of benzene rings is 2. The molecule has 0 unspecified atom stereocenters. The Hall–Kier alpha value is -2.69. The van der Waals surface area contributed by atoms with Gasteiger partial charge in [0.05, 0.1) is 14.2 Å². The zero-order chi connectivity index (χ0) is 18.1. The standard InChI is InChI=1S/C20H27N3O2/c1-21-20(22-13-12-16-8-6-5-7-9-16)23(2)15-17-10-11-18(24-3)14-19(17)25-4/h5-11,14H,12-13,15H2,1-4H3,(H,21,22). The average Bonchev–Trinajstić information content (AvgIpc) is 2.66. The van der Waals surface area contributed by atoms with Crippen LogP contribution in [0.15, 0.2) is 53.5 Å². The summed E-state index contributed by atoms with van der Waals surface area (Å²) in [5.74, 6) is 2.45. The molecule has 5 nitrogen and oxygen atoms in total. The van der Waals surface area contributed by atoms with Crippen LogP contribution >= 0.6 is 0 Å². The van der Waals surface area contributed by atoms with Gasteiger partial charge < -0.3 is 19.7 Å². The van der Waals surface area contributed by atoms with Crippen molar-refractivity contribution in [3.05, 3.63) is 59.7 Å². The quantitative estimate of drug-likeness (QED) is 0.621. The van der Waals surface area contributed by atoms with Crippen LogP contribution in [0.4, 0.5) is 0 Å². The highest BCUT2D eigenvalue weighted by molar-refractivity contribution is 5.79. The average molecular weight is 341 g/mol. The van der Waals surface area contributed by atoms with Crippen molar-refractivity contribution in [1.29, 1.82) is 0 Å². The van der Waals surface area contributed by atoms with Crippen LogP contribution in [0.5, 0.6) is 11.5 Å². The molecule has 5 heteroatoms. The second-order valence-electron chi connectivity index (χ2n) is 5.74. The number of rotatable bonds is 7. The first-order valence-electron chi connectivity index (χ1n) is 8.34. The van der Waals surface area contributed by atoms with Gasteiger partial charge in [-0.15, -0.1) is 0 Å². The highest BCUT2D eigenvalue weighted by Crippen LogP contribution is 2.25. The van der Waals surface area contributed by atoms with E-state index in [-0.39, 0.29) is 0 Å². The fourth-order valence-electron chi connectivity index (χ4n) is 2.66. The molecule has 0 fully saturated rings.